The first-order valence-corrected chi connectivity index (χ1v) is 9.64. The molecule has 2 aromatic carbocycles. The zero-order valence-electron chi connectivity index (χ0n) is 17.4. The van der Waals surface area contributed by atoms with Crippen molar-refractivity contribution in [3.63, 3.8) is 0 Å². The van der Waals surface area contributed by atoms with Gasteiger partial charge in [0.15, 0.2) is 11.5 Å². The fourth-order valence-corrected chi connectivity index (χ4v) is 3.75. The Balaban J connectivity index is 2.21. The van der Waals surface area contributed by atoms with E-state index < -0.39 is 17.7 Å². The summed E-state index contributed by atoms with van der Waals surface area (Å²) in [6, 6.07) is 8.94. The number of phenols is 1. The summed E-state index contributed by atoms with van der Waals surface area (Å²) in [4.78, 5) is 27.1. The molecular formula is C23H25NO6. The van der Waals surface area contributed by atoms with E-state index in [1.165, 1.54) is 18.1 Å². The highest BCUT2D eigenvalue weighted by Gasteiger charge is 2.46. The molecule has 1 aliphatic heterocycles. The van der Waals surface area contributed by atoms with Crippen molar-refractivity contribution in [3.05, 3.63) is 58.7 Å². The number of aliphatic hydroxyl groups is 1. The first-order valence-electron chi connectivity index (χ1n) is 9.64. The predicted octanol–water partition coefficient (Wildman–Crippen LogP) is 3.55. The van der Waals surface area contributed by atoms with E-state index in [0.717, 1.165) is 0 Å². The van der Waals surface area contributed by atoms with Crippen LogP contribution in [0, 0.1) is 6.92 Å². The molecule has 1 saturated heterocycles. The Kier molecular flexibility index (Phi) is 6.01. The van der Waals surface area contributed by atoms with Gasteiger partial charge in [0.1, 0.15) is 11.5 Å². The van der Waals surface area contributed by atoms with Crippen molar-refractivity contribution in [2.24, 2.45) is 0 Å². The van der Waals surface area contributed by atoms with Crippen LogP contribution in [-0.2, 0) is 9.59 Å². The number of methoxy groups -OCH3 is 2. The number of ketones is 1. The lowest BCUT2D eigenvalue weighted by Gasteiger charge is -2.25. The van der Waals surface area contributed by atoms with Crippen LogP contribution in [0.3, 0.4) is 0 Å². The summed E-state index contributed by atoms with van der Waals surface area (Å²) >= 11 is 0. The summed E-state index contributed by atoms with van der Waals surface area (Å²) in [5.41, 5.74) is 1.64. The average Bonchev–Trinajstić information content (AvgIpc) is 2.98. The smallest absolute Gasteiger partial charge is 0.295 e. The number of aryl methyl sites for hydroxylation is 1. The first kappa shape index (κ1) is 21.2. The zero-order valence-corrected chi connectivity index (χ0v) is 17.4. The summed E-state index contributed by atoms with van der Waals surface area (Å²) in [7, 11) is 2.98. The summed E-state index contributed by atoms with van der Waals surface area (Å²) in [5, 5.41) is 21.3. The number of nitrogens with zero attached hydrogens (tertiary/aromatic N) is 1. The lowest BCUT2D eigenvalue weighted by Crippen LogP contribution is -2.30. The summed E-state index contributed by atoms with van der Waals surface area (Å²) in [6.45, 7) is 4.02. The van der Waals surface area contributed by atoms with Crippen LogP contribution < -0.4 is 9.47 Å². The van der Waals surface area contributed by atoms with Gasteiger partial charge in [-0.25, -0.2) is 0 Å². The van der Waals surface area contributed by atoms with Crippen molar-refractivity contribution < 1.29 is 29.3 Å². The van der Waals surface area contributed by atoms with Crippen LogP contribution in [0.4, 0.5) is 0 Å². The third-order valence-electron chi connectivity index (χ3n) is 5.21. The number of aliphatic hydroxyl groups excluding tert-OH is 1. The van der Waals surface area contributed by atoms with Gasteiger partial charge in [0, 0.05) is 12.1 Å². The number of amides is 1. The Morgan fingerprint density at radius 3 is 2.40 bits per heavy atom. The molecule has 1 aliphatic rings. The highest BCUT2D eigenvalue weighted by molar-refractivity contribution is 6.46. The number of rotatable bonds is 6. The molecule has 30 heavy (non-hydrogen) atoms. The minimum Gasteiger partial charge on any atom is -0.507 e. The quantitative estimate of drug-likeness (QED) is 0.429. The molecule has 1 amide bonds. The molecule has 0 aliphatic carbocycles. The largest absolute Gasteiger partial charge is 0.507 e. The molecule has 158 valence electrons. The molecule has 0 radical (unpaired) electrons. The molecule has 7 nitrogen and oxygen atoms in total. The molecule has 7 heteroatoms. The predicted molar refractivity (Wildman–Crippen MR) is 112 cm³/mol. The minimum absolute atomic E-state index is 0.00807. The summed E-state index contributed by atoms with van der Waals surface area (Å²) < 4.78 is 10.3. The molecule has 3 rings (SSSR count). The fourth-order valence-electron chi connectivity index (χ4n) is 3.75. The van der Waals surface area contributed by atoms with Gasteiger partial charge in [-0.3, -0.25) is 9.59 Å². The van der Waals surface area contributed by atoms with Crippen LogP contribution in [0.5, 0.6) is 17.2 Å². The maximum atomic E-state index is 12.9. The Hall–Kier alpha value is -3.48. The van der Waals surface area contributed by atoms with Gasteiger partial charge in [-0.2, -0.15) is 0 Å². The van der Waals surface area contributed by atoms with Crippen molar-refractivity contribution in [1.82, 2.24) is 4.90 Å². The van der Waals surface area contributed by atoms with Crippen LogP contribution in [0.15, 0.2) is 42.0 Å². The Bertz CT molecular complexity index is 1030. The van der Waals surface area contributed by atoms with Gasteiger partial charge in [0.25, 0.3) is 11.7 Å². The van der Waals surface area contributed by atoms with Gasteiger partial charge < -0.3 is 24.6 Å². The standard InChI is InChI=1S/C23H25NO6/c1-5-10-24-20(14-6-9-18(30-4)17(25)12-14)19(22(27)23(24)28)21(26)16-8-7-15(29-3)11-13(16)2/h6-9,11-12,20,25-26H,5,10H2,1-4H3/b21-19-. The van der Waals surface area contributed by atoms with E-state index in [1.807, 2.05) is 6.92 Å². The number of likely N-dealkylation sites (tertiary alicyclic amines) is 1. The second-order valence-electron chi connectivity index (χ2n) is 7.10. The topological polar surface area (TPSA) is 96.3 Å². The van der Waals surface area contributed by atoms with Crippen LogP contribution in [0.25, 0.3) is 5.76 Å². The Morgan fingerprint density at radius 1 is 1.10 bits per heavy atom. The average molecular weight is 411 g/mol. The summed E-state index contributed by atoms with van der Waals surface area (Å²) in [6.07, 6.45) is 0.632. The van der Waals surface area contributed by atoms with Gasteiger partial charge >= 0.3 is 0 Å². The monoisotopic (exact) mass is 411 g/mol. The highest BCUT2D eigenvalue weighted by Crippen LogP contribution is 2.42. The molecule has 1 fully saturated rings. The molecule has 0 spiro atoms. The second-order valence-corrected chi connectivity index (χ2v) is 7.10. The molecule has 1 heterocycles. The highest BCUT2D eigenvalue weighted by atomic mass is 16.5. The maximum absolute atomic E-state index is 12.9. The van der Waals surface area contributed by atoms with Crippen molar-refractivity contribution >= 4 is 17.4 Å². The van der Waals surface area contributed by atoms with Gasteiger partial charge in [-0.05, 0) is 54.8 Å². The molecule has 2 N–H and O–H groups in total. The number of hydrogen-bond acceptors (Lipinski definition) is 6. The van der Waals surface area contributed by atoms with E-state index in [9.17, 15) is 19.8 Å². The maximum Gasteiger partial charge on any atom is 0.295 e. The second kappa shape index (κ2) is 8.49. The fraction of sp³-hybridized carbons (Fsp3) is 0.304. The third kappa shape index (κ3) is 3.58. The number of ether oxygens (including phenoxy) is 2. The van der Waals surface area contributed by atoms with E-state index in [0.29, 0.717) is 35.4 Å². The number of benzene rings is 2. The van der Waals surface area contributed by atoms with E-state index in [2.05, 4.69) is 0 Å². The van der Waals surface area contributed by atoms with Gasteiger partial charge in [-0.1, -0.05) is 13.0 Å². The van der Waals surface area contributed by atoms with Crippen molar-refractivity contribution in [2.75, 3.05) is 20.8 Å². The van der Waals surface area contributed by atoms with Crippen LogP contribution >= 0.6 is 0 Å². The number of phenolic OH excluding ortho intramolecular Hbond substituents is 1. The summed E-state index contributed by atoms with van der Waals surface area (Å²) in [5.74, 6) is -0.907. The van der Waals surface area contributed by atoms with E-state index in [-0.39, 0.29) is 22.8 Å². The van der Waals surface area contributed by atoms with Crippen molar-refractivity contribution in [3.8, 4) is 17.2 Å². The normalized spacial score (nSPS) is 18.0. The van der Waals surface area contributed by atoms with Crippen LogP contribution in [0.1, 0.15) is 36.1 Å². The van der Waals surface area contributed by atoms with Crippen molar-refractivity contribution in [2.45, 2.75) is 26.3 Å². The number of carbonyl (C=O) groups is 2. The SMILES string of the molecule is CCCN1C(=O)C(=O)/C(=C(\O)c2ccc(OC)cc2C)C1c1ccc(OC)c(O)c1. The molecule has 1 unspecified atom stereocenters. The lowest BCUT2D eigenvalue weighted by atomic mass is 9.93. The molecule has 0 aromatic heterocycles. The van der Waals surface area contributed by atoms with Crippen LogP contribution in [-0.4, -0.2) is 47.6 Å². The third-order valence-corrected chi connectivity index (χ3v) is 5.21. The van der Waals surface area contributed by atoms with E-state index in [1.54, 1.807) is 44.4 Å². The first-order chi connectivity index (χ1) is 14.3. The number of hydrogen-bond donors (Lipinski definition) is 2. The number of aromatic hydroxyl groups is 1. The van der Waals surface area contributed by atoms with Crippen LogP contribution in [0.2, 0.25) is 0 Å². The van der Waals surface area contributed by atoms with E-state index >= 15 is 0 Å². The molecule has 1 atom stereocenters. The Morgan fingerprint density at radius 2 is 1.83 bits per heavy atom. The lowest BCUT2D eigenvalue weighted by molar-refractivity contribution is -0.139. The molecule has 0 bridgehead atoms. The number of carbonyl (C=O) groups excluding carboxylic acids is 2. The van der Waals surface area contributed by atoms with Gasteiger partial charge in [0.05, 0.1) is 25.8 Å². The van der Waals surface area contributed by atoms with Gasteiger partial charge in [-0.15, -0.1) is 0 Å². The van der Waals surface area contributed by atoms with Gasteiger partial charge in [0.2, 0.25) is 0 Å². The number of Topliss-reactive ketones (excluding diaryl/α,β-unsaturated/α-hetero) is 1. The van der Waals surface area contributed by atoms with E-state index in [4.69, 9.17) is 9.47 Å². The minimum atomic E-state index is -0.816. The Labute approximate surface area is 175 Å². The molecule has 2 aromatic rings. The van der Waals surface area contributed by atoms with Crippen molar-refractivity contribution in [1.29, 1.82) is 0 Å². The zero-order chi connectivity index (χ0) is 22.0. The molecular weight excluding hydrogens is 386 g/mol. The molecule has 0 saturated carbocycles.